The highest BCUT2D eigenvalue weighted by Gasteiger charge is 2.20. The molecule has 0 aromatic carbocycles. The Hall–Kier alpha value is -1.50. The van der Waals surface area contributed by atoms with Crippen LogP contribution in [0.5, 0.6) is 0 Å². The third kappa shape index (κ3) is 3.58. The number of aromatic nitrogens is 2. The van der Waals surface area contributed by atoms with Gasteiger partial charge in [-0.1, -0.05) is 11.6 Å². The first-order chi connectivity index (χ1) is 10.2. The quantitative estimate of drug-likeness (QED) is 0.853. The van der Waals surface area contributed by atoms with Crippen LogP contribution in [0.25, 0.3) is 0 Å². The fourth-order valence-corrected chi connectivity index (χ4v) is 3.38. The van der Waals surface area contributed by atoms with Gasteiger partial charge in [-0.25, -0.2) is 9.97 Å². The number of rotatable bonds is 3. The van der Waals surface area contributed by atoms with E-state index in [1.807, 2.05) is 5.38 Å². The molecular weight excluding hydrogens is 308 g/mol. The van der Waals surface area contributed by atoms with E-state index in [4.69, 9.17) is 11.6 Å². The number of thiazole rings is 1. The number of anilines is 1. The number of hydrogen-bond acceptors (Lipinski definition) is 5. The molecule has 2 aromatic heterocycles. The number of hydrogen-bond donors (Lipinski definition) is 2. The predicted molar refractivity (Wildman–Crippen MR) is 84.2 cm³/mol. The molecule has 0 unspecified atom stereocenters. The van der Waals surface area contributed by atoms with E-state index >= 15 is 0 Å². The average molecular weight is 323 g/mol. The van der Waals surface area contributed by atoms with Crippen LogP contribution in [-0.2, 0) is 0 Å². The molecule has 110 valence electrons. The highest BCUT2D eigenvalue weighted by molar-refractivity contribution is 7.09. The fourth-order valence-electron chi connectivity index (χ4n) is 2.29. The van der Waals surface area contributed by atoms with Crippen LogP contribution in [0.4, 0.5) is 5.69 Å². The number of halogens is 1. The first-order valence-electron chi connectivity index (χ1n) is 6.81. The van der Waals surface area contributed by atoms with Gasteiger partial charge < -0.3 is 10.6 Å². The molecule has 0 spiro atoms. The molecule has 21 heavy (non-hydrogen) atoms. The summed E-state index contributed by atoms with van der Waals surface area (Å²) in [5.41, 5.74) is 1.07. The van der Waals surface area contributed by atoms with E-state index in [0.29, 0.717) is 22.5 Å². The number of carbonyl (C=O) groups is 1. The van der Waals surface area contributed by atoms with Gasteiger partial charge >= 0.3 is 0 Å². The molecule has 1 aliphatic rings. The van der Waals surface area contributed by atoms with Crippen molar-refractivity contribution in [3.63, 3.8) is 0 Å². The number of piperidine rings is 1. The monoisotopic (exact) mass is 322 g/mol. The van der Waals surface area contributed by atoms with Crippen molar-refractivity contribution in [2.75, 3.05) is 18.4 Å². The molecule has 3 rings (SSSR count). The lowest BCUT2D eigenvalue weighted by Crippen LogP contribution is -2.26. The van der Waals surface area contributed by atoms with E-state index < -0.39 is 0 Å². The number of pyridine rings is 1. The van der Waals surface area contributed by atoms with Crippen LogP contribution >= 0.6 is 22.9 Å². The zero-order chi connectivity index (χ0) is 14.7. The molecule has 0 bridgehead atoms. The number of carbonyl (C=O) groups excluding carboxylic acids is 1. The minimum atomic E-state index is -0.212. The second-order valence-corrected chi connectivity index (χ2v) is 6.20. The Morgan fingerprint density at radius 3 is 2.90 bits per heavy atom. The second kappa shape index (κ2) is 6.51. The zero-order valence-corrected chi connectivity index (χ0v) is 12.9. The molecule has 0 saturated carbocycles. The third-order valence-electron chi connectivity index (χ3n) is 3.43. The molecule has 1 aliphatic heterocycles. The van der Waals surface area contributed by atoms with E-state index in [1.54, 1.807) is 23.5 Å². The number of amides is 1. The maximum Gasteiger partial charge on any atom is 0.275 e. The fraction of sp³-hybridized carbons (Fsp3) is 0.357. The predicted octanol–water partition coefficient (Wildman–Crippen LogP) is 2.91. The number of nitrogens with zero attached hydrogens (tertiary/aromatic N) is 2. The van der Waals surface area contributed by atoms with E-state index in [0.717, 1.165) is 30.9 Å². The van der Waals surface area contributed by atoms with Crippen molar-refractivity contribution >= 4 is 34.5 Å². The first kappa shape index (κ1) is 14.4. The van der Waals surface area contributed by atoms with Gasteiger partial charge in [0.15, 0.2) is 0 Å². The van der Waals surface area contributed by atoms with Crippen LogP contribution in [0.1, 0.15) is 34.3 Å². The summed E-state index contributed by atoms with van der Waals surface area (Å²) in [6.07, 6.45) is 3.69. The van der Waals surface area contributed by atoms with E-state index in [-0.39, 0.29) is 5.91 Å². The van der Waals surface area contributed by atoms with Crippen molar-refractivity contribution in [2.24, 2.45) is 0 Å². The van der Waals surface area contributed by atoms with E-state index in [2.05, 4.69) is 20.6 Å². The largest absolute Gasteiger partial charge is 0.319 e. The first-order valence-corrected chi connectivity index (χ1v) is 8.07. The summed E-state index contributed by atoms with van der Waals surface area (Å²) in [6, 6.07) is 3.35. The second-order valence-electron chi connectivity index (χ2n) is 4.92. The molecule has 0 atom stereocenters. The van der Waals surface area contributed by atoms with Gasteiger partial charge in [-0.05, 0) is 38.1 Å². The van der Waals surface area contributed by atoms with Crippen molar-refractivity contribution < 1.29 is 4.79 Å². The van der Waals surface area contributed by atoms with Crippen molar-refractivity contribution in [1.82, 2.24) is 15.3 Å². The van der Waals surface area contributed by atoms with Gasteiger partial charge in [0, 0.05) is 11.3 Å². The van der Waals surface area contributed by atoms with Crippen LogP contribution in [0.3, 0.4) is 0 Å². The maximum absolute atomic E-state index is 12.2. The summed E-state index contributed by atoms with van der Waals surface area (Å²) in [6.45, 7) is 2.03. The van der Waals surface area contributed by atoms with Crippen LogP contribution in [-0.4, -0.2) is 29.0 Å². The Morgan fingerprint density at radius 2 is 2.19 bits per heavy atom. The van der Waals surface area contributed by atoms with Crippen molar-refractivity contribution in [2.45, 2.75) is 18.8 Å². The van der Waals surface area contributed by atoms with Gasteiger partial charge in [-0.15, -0.1) is 11.3 Å². The van der Waals surface area contributed by atoms with Crippen LogP contribution in [0, 0.1) is 0 Å². The molecule has 1 saturated heterocycles. The summed E-state index contributed by atoms with van der Waals surface area (Å²) in [4.78, 5) is 20.6. The SMILES string of the molecule is O=C(Nc1ccc(Cl)nc1)c1csc(C2CCNCC2)n1. The minimum absolute atomic E-state index is 0.212. The highest BCUT2D eigenvalue weighted by atomic mass is 35.5. The van der Waals surface area contributed by atoms with Crippen molar-refractivity contribution in [1.29, 1.82) is 0 Å². The summed E-state index contributed by atoms with van der Waals surface area (Å²) in [5.74, 6) is 0.255. The molecule has 1 fully saturated rings. The standard InChI is InChI=1S/C14H15ClN4OS/c15-12-2-1-10(7-17-12)18-13(20)11-8-21-14(19-11)9-3-5-16-6-4-9/h1-2,7-9,16H,3-6H2,(H,18,20). The van der Waals surface area contributed by atoms with Gasteiger partial charge in [0.25, 0.3) is 5.91 Å². The lowest BCUT2D eigenvalue weighted by molar-refractivity contribution is 0.102. The topological polar surface area (TPSA) is 66.9 Å². The van der Waals surface area contributed by atoms with Crippen LogP contribution in [0.15, 0.2) is 23.7 Å². The van der Waals surface area contributed by atoms with Gasteiger partial charge in [-0.3, -0.25) is 4.79 Å². The van der Waals surface area contributed by atoms with Crippen molar-refractivity contribution in [3.8, 4) is 0 Å². The van der Waals surface area contributed by atoms with Crippen molar-refractivity contribution in [3.05, 3.63) is 39.6 Å². The lowest BCUT2D eigenvalue weighted by atomic mass is 9.99. The summed E-state index contributed by atoms with van der Waals surface area (Å²) >= 11 is 7.28. The Kier molecular flexibility index (Phi) is 4.48. The van der Waals surface area contributed by atoms with Crippen LogP contribution in [0.2, 0.25) is 5.15 Å². The van der Waals surface area contributed by atoms with Gasteiger partial charge in [0.05, 0.1) is 16.9 Å². The normalized spacial score (nSPS) is 15.9. The van der Waals surface area contributed by atoms with E-state index in [1.165, 1.54) is 6.20 Å². The van der Waals surface area contributed by atoms with E-state index in [9.17, 15) is 4.79 Å². The Morgan fingerprint density at radius 1 is 1.38 bits per heavy atom. The molecule has 0 aliphatic carbocycles. The van der Waals surface area contributed by atoms with Gasteiger partial charge in [0.1, 0.15) is 10.8 Å². The van der Waals surface area contributed by atoms with Gasteiger partial charge in [0.2, 0.25) is 0 Å². The molecule has 3 heterocycles. The molecule has 7 heteroatoms. The molecule has 2 N–H and O–H groups in total. The Labute approximate surface area is 131 Å². The molecular formula is C14H15ClN4OS. The third-order valence-corrected chi connectivity index (χ3v) is 4.66. The zero-order valence-electron chi connectivity index (χ0n) is 11.3. The molecule has 1 amide bonds. The Bertz CT molecular complexity index is 622. The smallest absolute Gasteiger partial charge is 0.275 e. The summed E-state index contributed by atoms with van der Waals surface area (Å²) in [7, 11) is 0. The lowest BCUT2D eigenvalue weighted by Gasteiger charge is -2.20. The van der Waals surface area contributed by atoms with Crippen LogP contribution < -0.4 is 10.6 Å². The molecule has 5 nitrogen and oxygen atoms in total. The molecule has 0 radical (unpaired) electrons. The average Bonchev–Trinajstić information content (AvgIpc) is 3.00. The molecule has 2 aromatic rings. The van der Waals surface area contributed by atoms with Gasteiger partial charge in [-0.2, -0.15) is 0 Å². The summed E-state index contributed by atoms with van der Waals surface area (Å²) < 4.78 is 0. The summed E-state index contributed by atoms with van der Waals surface area (Å²) in [5, 5.41) is 9.37. The minimum Gasteiger partial charge on any atom is -0.319 e. The Balaban J connectivity index is 1.67. The highest BCUT2D eigenvalue weighted by Crippen LogP contribution is 2.28. The maximum atomic E-state index is 12.2. The number of nitrogens with one attached hydrogen (secondary N) is 2.